The smallest absolute Gasteiger partial charge is 0.319 e. The molecule has 0 radical (unpaired) electrons. The molecule has 402 valence electrons. The predicted octanol–water partition coefficient (Wildman–Crippen LogP) is 13.7. The van der Waals surface area contributed by atoms with Gasteiger partial charge >= 0.3 is 17.9 Å². The Kier molecular flexibility index (Phi) is 44.3. The van der Waals surface area contributed by atoms with E-state index in [-0.39, 0.29) is 43.1 Å². The van der Waals surface area contributed by atoms with Crippen molar-refractivity contribution in [3.63, 3.8) is 0 Å². The lowest BCUT2D eigenvalue weighted by molar-refractivity contribution is -0.157. The van der Waals surface area contributed by atoms with E-state index in [0.29, 0.717) is 31.7 Å². The topological polar surface area (TPSA) is 109 Å². The van der Waals surface area contributed by atoms with Gasteiger partial charge in [-0.05, 0) is 85.0 Å². The van der Waals surface area contributed by atoms with Gasteiger partial charge in [-0.2, -0.15) is 0 Å². The van der Waals surface area contributed by atoms with Crippen LogP contribution in [0.2, 0.25) is 0 Å². The number of aliphatic hydroxyl groups is 1. The summed E-state index contributed by atoms with van der Waals surface area (Å²) in [4.78, 5) is 47.2. The van der Waals surface area contributed by atoms with Crippen LogP contribution in [0.25, 0.3) is 0 Å². The molecule has 0 bridgehead atoms. The Morgan fingerprint density at radius 1 is 0.544 bits per heavy atom. The lowest BCUT2D eigenvalue weighted by atomic mass is 10.0. The van der Waals surface area contributed by atoms with Gasteiger partial charge in [-0.3, -0.25) is 14.4 Å². The monoisotopic (exact) mass is 982 g/mol. The minimum atomic E-state index is -0.657. The molecule has 1 rings (SSSR count). The highest BCUT2D eigenvalue weighted by Gasteiger charge is 2.25. The summed E-state index contributed by atoms with van der Waals surface area (Å²) in [5.74, 6) is -0.444. The molecular formula is C57H111N3O7S. The average Bonchev–Trinajstić information content (AvgIpc) is 3.32. The van der Waals surface area contributed by atoms with Crippen LogP contribution in [-0.2, 0) is 28.6 Å². The zero-order valence-electron chi connectivity index (χ0n) is 45.6. The van der Waals surface area contributed by atoms with Crippen LogP contribution in [0.5, 0.6) is 0 Å². The Labute approximate surface area is 424 Å². The first-order chi connectivity index (χ1) is 33.1. The van der Waals surface area contributed by atoms with E-state index in [4.69, 9.17) is 14.2 Å². The third kappa shape index (κ3) is 39.2. The predicted molar refractivity (Wildman–Crippen MR) is 289 cm³/mol. The first kappa shape index (κ1) is 64.6. The van der Waals surface area contributed by atoms with Crippen LogP contribution in [-0.4, -0.2) is 133 Å². The van der Waals surface area contributed by atoms with Gasteiger partial charge in [0.05, 0.1) is 11.4 Å². The van der Waals surface area contributed by atoms with Gasteiger partial charge in [0.2, 0.25) is 0 Å². The number of carbonyl (C=O) groups is 3. The second kappa shape index (κ2) is 46.7. The molecule has 0 aromatic heterocycles. The van der Waals surface area contributed by atoms with E-state index in [1.165, 1.54) is 147 Å². The molecule has 0 spiro atoms. The number of esters is 3. The normalized spacial score (nSPS) is 15.0. The molecule has 0 aromatic rings. The number of thioether (sulfide) groups is 1. The van der Waals surface area contributed by atoms with Crippen LogP contribution >= 0.6 is 11.8 Å². The second-order valence-corrected chi connectivity index (χ2v) is 22.0. The number of aliphatic hydroxyl groups excluding tert-OH is 1. The summed E-state index contributed by atoms with van der Waals surface area (Å²) in [6.07, 6.45) is 36.1. The fraction of sp³-hybridized carbons (Fsp3) is 0.947. The van der Waals surface area contributed by atoms with E-state index in [1.54, 1.807) is 0 Å². The highest BCUT2D eigenvalue weighted by Crippen LogP contribution is 2.22. The number of piperazine rings is 1. The standard InChI is InChI=1S/C57H111N3O7S/c1-7-11-15-19-23-24-25-29-33-39-55(62)65-49-54(50-68-51(5)57(64)67-53(37-31-27-21-17-13-9-3)38-32-28-22-18-14-10-4)66-56(63)40-34-41-60(43-35-42-59-46-44-58(6)45-47-59)48-52(61)36-30-26-20-16-12-8-2/h51-54,61H,7-50H2,1-6H3. The molecule has 1 heterocycles. The molecule has 0 aliphatic carbocycles. The van der Waals surface area contributed by atoms with Crippen molar-refractivity contribution in [2.45, 2.75) is 276 Å². The highest BCUT2D eigenvalue weighted by molar-refractivity contribution is 8.00. The summed E-state index contributed by atoms with van der Waals surface area (Å²) in [6.45, 7) is 18.5. The Balaban J connectivity index is 2.86. The van der Waals surface area contributed by atoms with E-state index in [2.05, 4.69) is 49.4 Å². The van der Waals surface area contributed by atoms with Crippen molar-refractivity contribution in [2.75, 3.05) is 71.8 Å². The zero-order chi connectivity index (χ0) is 49.7. The maximum Gasteiger partial charge on any atom is 0.319 e. The van der Waals surface area contributed by atoms with E-state index >= 15 is 0 Å². The van der Waals surface area contributed by atoms with Crippen molar-refractivity contribution >= 4 is 29.7 Å². The molecule has 3 unspecified atom stereocenters. The Hall–Kier alpha value is -1.40. The summed E-state index contributed by atoms with van der Waals surface area (Å²) in [6, 6.07) is 0. The molecule has 0 aromatic carbocycles. The van der Waals surface area contributed by atoms with Crippen molar-refractivity contribution in [2.24, 2.45) is 0 Å². The van der Waals surface area contributed by atoms with Crippen molar-refractivity contribution in [1.82, 2.24) is 14.7 Å². The number of rotatable bonds is 49. The summed E-state index contributed by atoms with van der Waals surface area (Å²) < 4.78 is 18.0. The fourth-order valence-corrected chi connectivity index (χ4v) is 10.1. The van der Waals surface area contributed by atoms with Crippen LogP contribution in [0, 0.1) is 0 Å². The lowest BCUT2D eigenvalue weighted by Crippen LogP contribution is -2.45. The quantitative estimate of drug-likeness (QED) is 0.0358. The number of ether oxygens (including phenoxy) is 3. The minimum absolute atomic E-state index is 0.0154. The van der Waals surface area contributed by atoms with Crippen LogP contribution in [0.4, 0.5) is 0 Å². The largest absolute Gasteiger partial charge is 0.462 e. The van der Waals surface area contributed by atoms with E-state index in [1.807, 2.05) is 6.92 Å². The first-order valence-electron chi connectivity index (χ1n) is 29.1. The molecule has 1 N–H and O–H groups in total. The average molecular weight is 983 g/mol. The number of unbranched alkanes of at least 4 members (excludes halogenated alkanes) is 23. The molecule has 3 atom stereocenters. The van der Waals surface area contributed by atoms with Gasteiger partial charge in [-0.25, -0.2) is 0 Å². The number of likely N-dealkylation sites (N-methyl/N-ethyl adjacent to an activating group) is 1. The minimum Gasteiger partial charge on any atom is -0.462 e. The molecule has 1 aliphatic heterocycles. The zero-order valence-corrected chi connectivity index (χ0v) is 46.4. The maximum absolute atomic E-state index is 13.6. The molecule has 68 heavy (non-hydrogen) atoms. The van der Waals surface area contributed by atoms with Gasteiger partial charge in [-0.1, -0.05) is 182 Å². The number of carbonyl (C=O) groups excluding carboxylic acids is 3. The van der Waals surface area contributed by atoms with Crippen LogP contribution in [0.3, 0.4) is 0 Å². The van der Waals surface area contributed by atoms with Gasteiger partial charge in [0, 0.05) is 51.3 Å². The van der Waals surface area contributed by atoms with Gasteiger partial charge in [0.15, 0.2) is 0 Å². The van der Waals surface area contributed by atoms with E-state index in [0.717, 1.165) is 103 Å². The van der Waals surface area contributed by atoms with Crippen molar-refractivity contribution in [1.29, 1.82) is 0 Å². The van der Waals surface area contributed by atoms with Gasteiger partial charge in [-0.15, -0.1) is 11.8 Å². The summed E-state index contributed by atoms with van der Waals surface area (Å²) in [5, 5.41) is 10.6. The second-order valence-electron chi connectivity index (χ2n) is 20.6. The fourth-order valence-electron chi connectivity index (χ4n) is 9.23. The van der Waals surface area contributed by atoms with Crippen LogP contribution < -0.4 is 0 Å². The lowest BCUT2D eigenvalue weighted by Gasteiger charge is -2.33. The van der Waals surface area contributed by atoms with Gasteiger partial charge < -0.3 is 34.0 Å². The van der Waals surface area contributed by atoms with Crippen LogP contribution in [0.1, 0.15) is 253 Å². The van der Waals surface area contributed by atoms with E-state index < -0.39 is 11.4 Å². The highest BCUT2D eigenvalue weighted by atomic mass is 32.2. The first-order valence-corrected chi connectivity index (χ1v) is 30.1. The molecule has 1 aliphatic rings. The Morgan fingerprint density at radius 3 is 1.53 bits per heavy atom. The third-order valence-electron chi connectivity index (χ3n) is 13.9. The molecule has 11 heteroatoms. The summed E-state index contributed by atoms with van der Waals surface area (Å²) >= 11 is 1.42. The van der Waals surface area contributed by atoms with Crippen molar-refractivity contribution in [3.05, 3.63) is 0 Å². The molecule has 0 amide bonds. The Morgan fingerprint density at radius 2 is 1.00 bits per heavy atom. The molecule has 0 saturated carbocycles. The number of hydrogen-bond acceptors (Lipinski definition) is 11. The SMILES string of the molecule is CCCCCCCCCCCC(=O)OCC(CSC(C)C(=O)OC(CCCCCCCC)CCCCCCCC)OC(=O)CCCN(CCCN1CCN(C)CC1)CC(O)CCCCCCCC. The summed E-state index contributed by atoms with van der Waals surface area (Å²) in [7, 11) is 2.18. The maximum atomic E-state index is 13.6. The van der Waals surface area contributed by atoms with Crippen LogP contribution in [0.15, 0.2) is 0 Å². The van der Waals surface area contributed by atoms with Gasteiger partial charge in [0.1, 0.15) is 18.8 Å². The molecule has 10 nitrogen and oxygen atoms in total. The van der Waals surface area contributed by atoms with Crippen molar-refractivity contribution < 1.29 is 33.7 Å². The summed E-state index contributed by atoms with van der Waals surface area (Å²) in [5.41, 5.74) is 0. The molecule has 1 saturated heterocycles. The molecule has 1 fully saturated rings. The number of nitrogens with zero attached hydrogens (tertiary/aromatic N) is 3. The number of hydrogen-bond donors (Lipinski definition) is 1. The molecular weight excluding hydrogens is 871 g/mol. The van der Waals surface area contributed by atoms with E-state index in [9.17, 15) is 19.5 Å². The van der Waals surface area contributed by atoms with Gasteiger partial charge in [0.25, 0.3) is 0 Å². The van der Waals surface area contributed by atoms with Crippen molar-refractivity contribution in [3.8, 4) is 0 Å². The Bertz CT molecular complexity index is 1140. The third-order valence-corrected chi connectivity index (χ3v) is 15.1.